The van der Waals surface area contributed by atoms with E-state index >= 15 is 0 Å². The van der Waals surface area contributed by atoms with Gasteiger partial charge >= 0.3 is 0 Å². The summed E-state index contributed by atoms with van der Waals surface area (Å²) in [6.45, 7) is 0. The lowest BCUT2D eigenvalue weighted by molar-refractivity contribution is -0.383. The van der Waals surface area contributed by atoms with E-state index in [0.717, 1.165) is 17.2 Å². The number of halogens is 1. The van der Waals surface area contributed by atoms with Crippen molar-refractivity contribution < 1.29 is 4.92 Å². The fourth-order valence-corrected chi connectivity index (χ4v) is 2.63. The van der Waals surface area contributed by atoms with Gasteiger partial charge in [0.1, 0.15) is 16.7 Å². The molecule has 2 aromatic carbocycles. The summed E-state index contributed by atoms with van der Waals surface area (Å²) < 4.78 is 8.32. The molecule has 0 bridgehead atoms. The van der Waals surface area contributed by atoms with Gasteiger partial charge < -0.3 is 11.1 Å². The number of nitrogen functional groups attached to an aromatic ring is 1. The third-order valence-electron chi connectivity index (χ3n) is 2.87. The van der Waals surface area contributed by atoms with Crippen LogP contribution in [0.5, 0.6) is 0 Å². The van der Waals surface area contributed by atoms with Gasteiger partial charge in [0, 0.05) is 11.8 Å². The number of nitro groups is 1. The van der Waals surface area contributed by atoms with Crippen LogP contribution in [0.15, 0.2) is 30.3 Å². The average Bonchev–Trinajstić information content (AvgIpc) is 2.90. The minimum absolute atomic E-state index is 0.0738. The van der Waals surface area contributed by atoms with Crippen molar-refractivity contribution in [3.8, 4) is 0 Å². The predicted molar refractivity (Wildman–Crippen MR) is 83.2 cm³/mol. The maximum atomic E-state index is 10.8. The Balaban J connectivity index is 2.03. The predicted octanol–water partition coefficient (Wildman–Crippen LogP) is 3.58. The molecule has 9 heteroatoms. The van der Waals surface area contributed by atoms with Crippen molar-refractivity contribution in [1.29, 1.82) is 0 Å². The van der Waals surface area contributed by atoms with E-state index < -0.39 is 4.92 Å². The zero-order valence-electron chi connectivity index (χ0n) is 10.4. The Morgan fingerprint density at radius 1 is 1.29 bits per heavy atom. The van der Waals surface area contributed by atoms with Crippen LogP contribution in [0.3, 0.4) is 0 Å². The number of benzene rings is 2. The summed E-state index contributed by atoms with van der Waals surface area (Å²) in [5, 5.41) is 14.3. The molecule has 0 radical (unpaired) electrons. The average molecular weight is 322 g/mol. The number of nitrogens with two attached hydrogens (primary N) is 1. The highest BCUT2D eigenvalue weighted by Crippen LogP contribution is 2.34. The number of hydrogen-bond donors (Lipinski definition) is 2. The van der Waals surface area contributed by atoms with Crippen LogP contribution in [0.25, 0.3) is 11.0 Å². The Morgan fingerprint density at radius 2 is 2.10 bits per heavy atom. The van der Waals surface area contributed by atoms with Crippen LogP contribution in [-0.4, -0.2) is 13.7 Å². The minimum atomic E-state index is -0.531. The quantitative estimate of drug-likeness (QED) is 0.434. The van der Waals surface area contributed by atoms with Crippen LogP contribution < -0.4 is 11.1 Å². The van der Waals surface area contributed by atoms with E-state index in [1.165, 1.54) is 12.1 Å². The number of nitrogens with zero attached hydrogens (tertiary/aromatic N) is 3. The van der Waals surface area contributed by atoms with Gasteiger partial charge in [0.15, 0.2) is 0 Å². The highest BCUT2D eigenvalue weighted by molar-refractivity contribution is 7.00. The van der Waals surface area contributed by atoms with Gasteiger partial charge in [-0.2, -0.15) is 8.75 Å². The number of nitrogens with one attached hydrogen (secondary N) is 1. The van der Waals surface area contributed by atoms with Crippen molar-refractivity contribution in [3.05, 3.63) is 45.5 Å². The zero-order chi connectivity index (χ0) is 15.0. The van der Waals surface area contributed by atoms with Crippen molar-refractivity contribution in [2.75, 3.05) is 11.1 Å². The number of fused-ring (bicyclic) bond motifs is 1. The molecular formula is C12H8ClN5O2S. The van der Waals surface area contributed by atoms with E-state index in [9.17, 15) is 10.1 Å². The molecule has 0 saturated carbocycles. The van der Waals surface area contributed by atoms with Crippen LogP contribution in [-0.2, 0) is 0 Å². The molecule has 1 heterocycles. The van der Waals surface area contributed by atoms with E-state index in [1.54, 1.807) is 18.2 Å². The molecule has 3 aromatic rings. The Kier molecular flexibility index (Phi) is 3.32. The van der Waals surface area contributed by atoms with Crippen molar-refractivity contribution in [2.45, 2.75) is 0 Å². The van der Waals surface area contributed by atoms with Gasteiger partial charge in [-0.15, -0.1) is 0 Å². The Labute approximate surface area is 127 Å². The fraction of sp³-hybridized carbons (Fsp3) is 0. The van der Waals surface area contributed by atoms with Gasteiger partial charge in [0.05, 0.1) is 27.4 Å². The second-order valence-electron chi connectivity index (χ2n) is 4.21. The number of anilines is 3. The van der Waals surface area contributed by atoms with Gasteiger partial charge in [0.25, 0.3) is 5.69 Å². The molecule has 0 spiro atoms. The van der Waals surface area contributed by atoms with Crippen LogP contribution in [0.2, 0.25) is 5.02 Å². The van der Waals surface area contributed by atoms with Gasteiger partial charge in [-0.1, -0.05) is 11.6 Å². The molecule has 106 valence electrons. The Morgan fingerprint density at radius 3 is 2.81 bits per heavy atom. The molecule has 0 atom stereocenters. The molecule has 7 nitrogen and oxygen atoms in total. The first-order valence-corrected chi connectivity index (χ1v) is 6.89. The van der Waals surface area contributed by atoms with Crippen molar-refractivity contribution in [1.82, 2.24) is 8.75 Å². The van der Waals surface area contributed by atoms with Crippen molar-refractivity contribution in [3.63, 3.8) is 0 Å². The normalized spacial score (nSPS) is 10.7. The van der Waals surface area contributed by atoms with E-state index in [0.29, 0.717) is 21.9 Å². The molecule has 0 saturated heterocycles. The highest BCUT2D eigenvalue weighted by Gasteiger charge is 2.14. The zero-order valence-corrected chi connectivity index (χ0v) is 12.0. The Hall–Kier alpha value is -2.45. The first-order valence-electron chi connectivity index (χ1n) is 5.78. The number of rotatable bonds is 3. The molecule has 1 aromatic heterocycles. The first kappa shape index (κ1) is 13.5. The molecule has 0 aliphatic carbocycles. The van der Waals surface area contributed by atoms with Gasteiger partial charge in [0.2, 0.25) is 0 Å². The van der Waals surface area contributed by atoms with E-state index in [-0.39, 0.29) is 11.4 Å². The summed E-state index contributed by atoms with van der Waals surface area (Å²) in [6, 6.07) is 7.86. The third kappa shape index (κ3) is 2.46. The summed E-state index contributed by atoms with van der Waals surface area (Å²) in [5.74, 6) is 0. The largest absolute Gasteiger partial charge is 0.393 e. The smallest absolute Gasteiger partial charge is 0.292 e. The van der Waals surface area contributed by atoms with E-state index in [2.05, 4.69) is 14.1 Å². The second-order valence-corrected chi connectivity index (χ2v) is 5.15. The lowest BCUT2D eigenvalue weighted by Crippen LogP contribution is -1.98. The molecule has 0 unspecified atom stereocenters. The standard InChI is InChI=1S/C12H8ClN5O2S/c13-7-2-3-9-12(17-21-16-9)11(7)15-6-1-4-10(18(19)20)8(14)5-6/h1-5,15H,14H2. The maximum Gasteiger partial charge on any atom is 0.292 e. The number of aromatic nitrogens is 2. The fourth-order valence-electron chi connectivity index (χ4n) is 1.89. The van der Waals surface area contributed by atoms with E-state index in [4.69, 9.17) is 17.3 Å². The summed E-state index contributed by atoms with van der Waals surface area (Å²) in [6.07, 6.45) is 0. The second kappa shape index (κ2) is 5.15. The summed E-state index contributed by atoms with van der Waals surface area (Å²) in [4.78, 5) is 10.2. The molecule has 0 aliphatic rings. The SMILES string of the molecule is Nc1cc(Nc2c(Cl)ccc3nsnc23)ccc1[N+](=O)[O-]. The van der Waals surface area contributed by atoms with Gasteiger partial charge in [-0.3, -0.25) is 10.1 Å². The number of nitro benzene ring substituents is 1. The number of hydrogen-bond acceptors (Lipinski definition) is 7. The molecule has 3 N–H and O–H groups in total. The van der Waals surface area contributed by atoms with Gasteiger partial charge in [-0.05, 0) is 24.3 Å². The summed E-state index contributed by atoms with van der Waals surface area (Å²) in [7, 11) is 0. The van der Waals surface area contributed by atoms with Crippen LogP contribution >= 0.6 is 23.3 Å². The van der Waals surface area contributed by atoms with Crippen LogP contribution in [0.1, 0.15) is 0 Å². The molecule has 0 aliphatic heterocycles. The molecule has 21 heavy (non-hydrogen) atoms. The van der Waals surface area contributed by atoms with Crippen LogP contribution in [0, 0.1) is 10.1 Å². The van der Waals surface area contributed by atoms with Crippen molar-refractivity contribution >= 4 is 57.1 Å². The maximum absolute atomic E-state index is 10.8. The highest BCUT2D eigenvalue weighted by atomic mass is 35.5. The molecular weight excluding hydrogens is 314 g/mol. The van der Waals surface area contributed by atoms with Crippen LogP contribution in [0.4, 0.5) is 22.7 Å². The minimum Gasteiger partial charge on any atom is -0.393 e. The third-order valence-corrected chi connectivity index (χ3v) is 3.73. The molecule has 0 amide bonds. The van der Waals surface area contributed by atoms with Crippen molar-refractivity contribution in [2.24, 2.45) is 0 Å². The Bertz CT molecular complexity index is 851. The molecule has 3 rings (SSSR count). The monoisotopic (exact) mass is 321 g/mol. The molecule has 0 fully saturated rings. The lowest BCUT2D eigenvalue weighted by Gasteiger charge is -2.09. The first-order chi connectivity index (χ1) is 10.1. The summed E-state index contributed by atoms with van der Waals surface area (Å²) >= 11 is 7.25. The summed E-state index contributed by atoms with van der Waals surface area (Å²) in [5.41, 5.74) is 8.15. The lowest BCUT2D eigenvalue weighted by atomic mass is 10.2. The van der Waals surface area contributed by atoms with E-state index in [1.807, 2.05) is 0 Å². The topological polar surface area (TPSA) is 107 Å². The van der Waals surface area contributed by atoms with Gasteiger partial charge in [-0.25, -0.2) is 0 Å².